The van der Waals surface area contributed by atoms with Crippen molar-refractivity contribution in [1.82, 2.24) is 10.3 Å². The van der Waals surface area contributed by atoms with Gasteiger partial charge in [-0.1, -0.05) is 19.3 Å². The number of carbonyl (C=O) groups is 1. The second kappa shape index (κ2) is 6.15. The second-order valence-electron chi connectivity index (χ2n) is 4.84. The number of amides is 1. The normalized spacial score (nSPS) is 17.0. The Morgan fingerprint density at radius 3 is 2.88 bits per heavy atom. The Labute approximate surface area is 107 Å². The van der Waals surface area contributed by atoms with Crippen molar-refractivity contribution in [2.75, 3.05) is 0 Å². The maximum atomic E-state index is 11.8. The lowest BCUT2D eigenvalue weighted by Crippen LogP contribution is -2.26. The van der Waals surface area contributed by atoms with Gasteiger partial charge in [-0.3, -0.25) is 4.79 Å². The van der Waals surface area contributed by atoms with Gasteiger partial charge in [0.1, 0.15) is 0 Å². The minimum Gasteiger partial charge on any atom is -0.350 e. The summed E-state index contributed by atoms with van der Waals surface area (Å²) in [5, 5.41) is 6.03. The third-order valence-corrected chi connectivity index (χ3v) is 4.15. The van der Waals surface area contributed by atoms with Gasteiger partial charge >= 0.3 is 0 Å². The quantitative estimate of drug-likeness (QED) is 0.895. The van der Waals surface area contributed by atoms with Crippen molar-refractivity contribution in [3.8, 4) is 0 Å². The molecule has 0 aliphatic heterocycles. The molecule has 1 fully saturated rings. The molecule has 4 heteroatoms. The lowest BCUT2D eigenvalue weighted by molar-refractivity contribution is -0.122. The number of rotatable bonds is 4. The van der Waals surface area contributed by atoms with Crippen LogP contribution in [-0.4, -0.2) is 10.9 Å². The second-order valence-corrected chi connectivity index (χ2v) is 5.90. The predicted molar refractivity (Wildman–Crippen MR) is 69.9 cm³/mol. The molecule has 1 aliphatic carbocycles. The molecule has 3 nitrogen and oxygen atoms in total. The van der Waals surface area contributed by atoms with E-state index in [0.29, 0.717) is 18.9 Å². The maximum Gasteiger partial charge on any atom is 0.220 e. The van der Waals surface area contributed by atoms with E-state index in [9.17, 15) is 4.79 Å². The fourth-order valence-corrected chi connectivity index (χ4v) is 3.02. The highest BCUT2D eigenvalue weighted by Gasteiger charge is 2.16. The van der Waals surface area contributed by atoms with Crippen molar-refractivity contribution in [1.29, 1.82) is 0 Å². The van der Waals surface area contributed by atoms with Crippen LogP contribution in [0.25, 0.3) is 0 Å². The predicted octanol–water partition coefficient (Wildman–Crippen LogP) is 3.04. The van der Waals surface area contributed by atoms with Crippen LogP contribution in [0.3, 0.4) is 0 Å². The fraction of sp³-hybridized carbons (Fsp3) is 0.692. The molecule has 0 atom stereocenters. The minimum absolute atomic E-state index is 0.183. The van der Waals surface area contributed by atoms with E-state index in [1.165, 1.54) is 32.1 Å². The van der Waals surface area contributed by atoms with Gasteiger partial charge in [-0.2, -0.15) is 0 Å². The van der Waals surface area contributed by atoms with Gasteiger partial charge in [0, 0.05) is 11.8 Å². The van der Waals surface area contributed by atoms with Gasteiger partial charge < -0.3 is 5.32 Å². The first kappa shape index (κ1) is 12.6. The highest BCUT2D eigenvalue weighted by atomic mass is 32.1. The van der Waals surface area contributed by atoms with Crippen LogP contribution >= 0.6 is 11.3 Å². The van der Waals surface area contributed by atoms with E-state index in [2.05, 4.69) is 10.3 Å². The molecule has 1 saturated carbocycles. The van der Waals surface area contributed by atoms with Crippen LogP contribution < -0.4 is 5.32 Å². The molecule has 1 aliphatic rings. The van der Waals surface area contributed by atoms with Crippen LogP contribution in [-0.2, 0) is 11.3 Å². The molecule has 0 radical (unpaired) electrons. The van der Waals surface area contributed by atoms with Crippen molar-refractivity contribution >= 4 is 17.2 Å². The molecular weight excluding hydrogens is 232 g/mol. The van der Waals surface area contributed by atoms with E-state index in [1.807, 2.05) is 12.3 Å². The van der Waals surface area contributed by atoms with E-state index < -0.39 is 0 Å². The number of hydrogen-bond donors (Lipinski definition) is 1. The van der Waals surface area contributed by atoms with Gasteiger partial charge in [0.05, 0.1) is 17.2 Å². The highest BCUT2D eigenvalue weighted by Crippen LogP contribution is 2.26. The minimum atomic E-state index is 0.183. The van der Waals surface area contributed by atoms with E-state index in [4.69, 9.17) is 0 Å². The summed E-state index contributed by atoms with van der Waals surface area (Å²) in [5.74, 6) is 0.795. The molecule has 0 unspecified atom stereocenters. The molecule has 0 bridgehead atoms. The van der Waals surface area contributed by atoms with Crippen molar-refractivity contribution in [3.05, 3.63) is 16.1 Å². The SMILES string of the molecule is Cc1nc(CNC(=O)CC2CCCCC2)cs1. The van der Waals surface area contributed by atoms with Crippen molar-refractivity contribution in [3.63, 3.8) is 0 Å². The number of aromatic nitrogens is 1. The van der Waals surface area contributed by atoms with Crippen molar-refractivity contribution in [2.45, 2.75) is 52.0 Å². The zero-order valence-electron chi connectivity index (χ0n) is 10.4. The first-order valence-corrected chi connectivity index (χ1v) is 7.29. The van der Waals surface area contributed by atoms with Gasteiger partial charge in [-0.25, -0.2) is 4.98 Å². The smallest absolute Gasteiger partial charge is 0.220 e. The Bertz CT molecular complexity index is 369. The largest absolute Gasteiger partial charge is 0.350 e. The third-order valence-electron chi connectivity index (χ3n) is 3.33. The maximum absolute atomic E-state index is 11.8. The summed E-state index contributed by atoms with van der Waals surface area (Å²) in [6.45, 7) is 2.56. The number of aryl methyl sites for hydroxylation is 1. The lowest BCUT2D eigenvalue weighted by atomic mass is 9.87. The van der Waals surface area contributed by atoms with E-state index >= 15 is 0 Å². The zero-order chi connectivity index (χ0) is 12.1. The van der Waals surface area contributed by atoms with Crippen LogP contribution in [0, 0.1) is 12.8 Å². The van der Waals surface area contributed by atoms with Gasteiger partial charge in [0.25, 0.3) is 0 Å². The van der Waals surface area contributed by atoms with E-state index in [1.54, 1.807) is 11.3 Å². The van der Waals surface area contributed by atoms with Crippen LogP contribution in [0.1, 0.15) is 49.2 Å². The van der Waals surface area contributed by atoms with Crippen LogP contribution in [0.5, 0.6) is 0 Å². The average molecular weight is 252 g/mol. The summed E-state index contributed by atoms with van der Waals surface area (Å²) < 4.78 is 0. The Hall–Kier alpha value is -0.900. The molecule has 1 aromatic heterocycles. The monoisotopic (exact) mass is 252 g/mol. The molecule has 0 saturated heterocycles. The van der Waals surface area contributed by atoms with Gasteiger partial charge in [0.15, 0.2) is 0 Å². The average Bonchev–Trinajstić information content (AvgIpc) is 2.74. The fourth-order valence-electron chi connectivity index (χ4n) is 2.40. The standard InChI is InChI=1S/C13H20N2OS/c1-10-15-12(9-17-10)8-14-13(16)7-11-5-3-2-4-6-11/h9,11H,2-8H2,1H3,(H,14,16). The molecule has 1 aromatic rings. The van der Waals surface area contributed by atoms with E-state index in [0.717, 1.165) is 10.7 Å². The number of thiazole rings is 1. The molecule has 1 N–H and O–H groups in total. The molecule has 0 aromatic carbocycles. The van der Waals surface area contributed by atoms with Crippen molar-refractivity contribution < 1.29 is 4.79 Å². The number of hydrogen-bond acceptors (Lipinski definition) is 3. The van der Waals surface area contributed by atoms with Gasteiger partial charge in [-0.05, 0) is 25.7 Å². The first-order valence-electron chi connectivity index (χ1n) is 6.42. The van der Waals surface area contributed by atoms with Crippen LogP contribution in [0.2, 0.25) is 0 Å². The van der Waals surface area contributed by atoms with Crippen LogP contribution in [0.15, 0.2) is 5.38 Å². The van der Waals surface area contributed by atoms with Gasteiger partial charge in [0.2, 0.25) is 5.91 Å². The summed E-state index contributed by atoms with van der Waals surface area (Å²) in [5.41, 5.74) is 0.976. The summed E-state index contributed by atoms with van der Waals surface area (Å²) in [6, 6.07) is 0. The molecular formula is C13H20N2OS. The Morgan fingerprint density at radius 2 is 2.24 bits per heavy atom. The molecule has 17 heavy (non-hydrogen) atoms. The summed E-state index contributed by atoms with van der Waals surface area (Å²) in [4.78, 5) is 16.1. The highest BCUT2D eigenvalue weighted by molar-refractivity contribution is 7.09. The summed E-state index contributed by atoms with van der Waals surface area (Å²) >= 11 is 1.63. The first-order chi connectivity index (χ1) is 8.24. The summed E-state index contributed by atoms with van der Waals surface area (Å²) in [7, 11) is 0. The Kier molecular flexibility index (Phi) is 4.54. The summed E-state index contributed by atoms with van der Waals surface area (Å²) in [6.07, 6.45) is 7.08. The van der Waals surface area contributed by atoms with Gasteiger partial charge in [-0.15, -0.1) is 11.3 Å². The Morgan fingerprint density at radius 1 is 1.47 bits per heavy atom. The number of nitrogens with zero attached hydrogens (tertiary/aromatic N) is 1. The molecule has 1 heterocycles. The third kappa shape index (κ3) is 4.11. The van der Waals surface area contributed by atoms with E-state index in [-0.39, 0.29) is 5.91 Å². The molecule has 0 spiro atoms. The van der Waals surface area contributed by atoms with Crippen molar-refractivity contribution in [2.24, 2.45) is 5.92 Å². The molecule has 2 rings (SSSR count). The topological polar surface area (TPSA) is 42.0 Å². The van der Waals surface area contributed by atoms with Crippen LogP contribution in [0.4, 0.5) is 0 Å². The Balaban J connectivity index is 1.70. The lowest BCUT2D eigenvalue weighted by Gasteiger charge is -2.20. The molecule has 94 valence electrons. The molecule has 1 amide bonds. The number of carbonyl (C=O) groups excluding carboxylic acids is 1. The number of nitrogens with one attached hydrogen (secondary N) is 1. The zero-order valence-corrected chi connectivity index (χ0v) is 11.2.